The molecule has 0 amide bonds. The SMILES string of the molecule is CCCCCCC(F)(CN)C(C)C. The number of unbranched alkanes of at least 4 members (excludes halogenated alkanes) is 3. The molecule has 2 N–H and O–H groups in total. The third kappa shape index (κ3) is 4.61. The van der Waals surface area contributed by atoms with Crippen molar-refractivity contribution in [3.63, 3.8) is 0 Å². The van der Waals surface area contributed by atoms with Gasteiger partial charge in [-0.2, -0.15) is 0 Å². The number of halogens is 1. The van der Waals surface area contributed by atoms with Gasteiger partial charge in [-0.05, 0) is 12.3 Å². The topological polar surface area (TPSA) is 26.0 Å². The first-order chi connectivity index (χ1) is 6.06. The van der Waals surface area contributed by atoms with Crippen molar-refractivity contribution < 1.29 is 4.39 Å². The van der Waals surface area contributed by atoms with Crippen LogP contribution in [0.2, 0.25) is 0 Å². The number of alkyl halides is 1. The second-order valence-corrected chi connectivity index (χ2v) is 4.20. The van der Waals surface area contributed by atoms with Gasteiger partial charge in [-0.25, -0.2) is 4.39 Å². The van der Waals surface area contributed by atoms with Crippen LogP contribution in [-0.4, -0.2) is 12.2 Å². The van der Waals surface area contributed by atoms with E-state index in [1.807, 2.05) is 13.8 Å². The molecule has 0 rings (SSSR count). The van der Waals surface area contributed by atoms with Crippen LogP contribution in [0.5, 0.6) is 0 Å². The highest BCUT2D eigenvalue weighted by Crippen LogP contribution is 2.27. The van der Waals surface area contributed by atoms with Crippen LogP contribution in [0.4, 0.5) is 4.39 Å². The number of hydrogen-bond acceptors (Lipinski definition) is 1. The maximum absolute atomic E-state index is 13.9. The van der Waals surface area contributed by atoms with Gasteiger partial charge in [0, 0.05) is 6.54 Å². The Morgan fingerprint density at radius 3 is 2.23 bits per heavy atom. The highest BCUT2D eigenvalue weighted by molar-refractivity contribution is 4.83. The summed E-state index contributed by atoms with van der Waals surface area (Å²) in [6, 6.07) is 0. The zero-order valence-electron chi connectivity index (χ0n) is 9.28. The Balaban J connectivity index is 3.71. The summed E-state index contributed by atoms with van der Waals surface area (Å²) in [5.74, 6) is 0.0409. The number of nitrogens with two attached hydrogens (primary N) is 1. The lowest BCUT2D eigenvalue weighted by Gasteiger charge is -2.27. The molecule has 0 heterocycles. The smallest absolute Gasteiger partial charge is 0.125 e. The third-order valence-corrected chi connectivity index (χ3v) is 2.82. The largest absolute Gasteiger partial charge is 0.328 e. The van der Waals surface area contributed by atoms with Crippen LogP contribution >= 0.6 is 0 Å². The van der Waals surface area contributed by atoms with Crippen molar-refractivity contribution in [2.24, 2.45) is 11.7 Å². The molecule has 0 aromatic carbocycles. The summed E-state index contributed by atoms with van der Waals surface area (Å²) in [5.41, 5.74) is 4.32. The first-order valence-corrected chi connectivity index (χ1v) is 5.45. The molecule has 13 heavy (non-hydrogen) atoms. The Morgan fingerprint density at radius 2 is 1.85 bits per heavy atom. The van der Waals surface area contributed by atoms with E-state index in [1.54, 1.807) is 0 Å². The molecule has 0 saturated carbocycles. The zero-order chi connectivity index (χ0) is 10.3. The van der Waals surface area contributed by atoms with E-state index in [0.717, 1.165) is 12.8 Å². The quantitative estimate of drug-likeness (QED) is 0.611. The molecular formula is C11H24FN. The van der Waals surface area contributed by atoms with Crippen LogP contribution in [0.1, 0.15) is 52.9 Å². The summed E-state index contributed by atoms with van der Waals surface area (Å²) in [6.07, 6.45) is 5.14. The van der Waals surface area contributed by atoms with Crippen LogP contribution in [0.25, 0.3) is 0 Å². The Hall–Kier alpha value is -0.110. The minimum Gasteiger partial charge on any atom is -0.328 e. The van der Waals surface area contributed by atoms with Gasteiger partial charge in [-0.3, -0.25) is 0 Å². The van der Waals surface area contributed by atoms with Crippen molar-refractivity contribution in [3.8, 4) is 0 Å². The number of hydrogen-bond donors (Lipinski definition) is 1. The first-order valence-electron chi connectivity index (χ1n) is 5.45. The van der Waals surface area contributed by atoms with E-state index in [9.17, 15) is 4.39 Å². The van der Waals surface area contributed by atoms with Crippen LogP contribution in [0.3, 0.4) is 0 Å². The molecule has 0 aliphatic heterocycles. The zero-order valence-corrected chi connectivity index (χ0v) is 9.28. The Morgan fingerprint density at radius 1 is 1.23 bits per heavy atom. The second-order valence-electron chi connectivity index (χ2n) is 4.20. The Bertz CT molecular complexity index is 125. The summed E-state index contributed by atoms with van der Waals surface area (Å²) in [7, 11) is 0. The van der Waals surface area contributed by atoms with Crippen molar-refractivity contribution in [2.75, 3.05) is 6.54 Å². The molecular weight excluding hydrogens is 165 g/mol. The van der Waals surface area contributed by atoms with E-state index in [0.29, 0.717) is 6.42 Å². The summed E-state index contributed by atoms with van der Waals surface area (Å²) >= 11 is 0. The molecule has 0 radical (unpaired) electrons. The van der Waals surface area contributed by atoms with Crippen molar-refractivity contribution in [1.82, 2.24) is 0 Å². The van der Waals surface area contributed by atoms with Crippen molar-refractivity contribution >= 4 is 0 Å². The number of rotatable bonds is 7. The average molecular weight is 189 g/mol. The van der Waals surface area contributed by atoms with E-state index in [4.69, 9.17) is 5.73 Å². The Labute approximate surface area is 81.9 Å². The average Bonchev–Trinajstić information content (AvgIpc) is 2.12. The van der Waals surface area contributed by atoms with Gasteiger partial charge in [0.2, 0.25) is 0 Å². The summed E-state index contributed by atoms with van der Waals surface area (Å²) in [5, 5.41) is 0. The molecule has 80 valence electrons. The molecule has 0 fully saturated rings. The summed E-state index contributed by atoms with van der Waals surface area (Å²) < 4.78 is 13.9. The first kappa shape index (κ1) is 12.9. The van der Waals surface area contributed by atoms with Crippen LogP contribution in [0, 0.1) is 5.92 Å². The van der Waals surface area contributed by atoms with Gasteiger partial charge < -0.3 is 5.73 Å². The fraction of sp³-hybridized carbons (Fsp3) is 1.00. The van der Waals surface area contributed by atoms with Gasteiger partial charge in [0.1, 0.15) is 5.67 Å². The second kappa shape index (κ2) is 6.36. The summed E-state index contributed by atoms with van der Waals surface area (Å²) in [6.45, 7) is 6.14. The van der Waals surface area contributed by atoms with Gasteiger partial charge in [-0.15, -0.1) is 0 Å². The molecule has 0 saturated heterocycles. The standard InChI is InChI=1S/C11H24FN/c1-4-5-6-7-8-11(12,9-13)10(2)3/h10H,4-9,13H2,1-3H3. The minimum atomic E-state index is -1.13. The fourth-order valence-corrected chi connectivity index (χ4v) is 1.47. The molecule has 0 aromatic heterocycles. The molecule has 0 aromatic rings. The minimum absolute atomic E-state index is 0.0409. The molecule has 0 bridgehead atoms. The van der Waals surface area contributed by atoms with E-state index in [2.05, 4.69) is 6.92 Å². The van der Waals surface area contributed by atoms with E-state index in [1.165, 1.54) is 12.8 Å². The van der Waals surface area contributed by atoms with E-state index >= 15 is 0 Å². The van der Waals surface area contributed by atoms with Crippen molar-refractivity contribution in [2.45, 2.75) is 58.5 Å². The maximum atomic E-state index is 13.9. The lowest BCUT2D eigenvalue weighted by molar-refractivity contribution is 0.0953. The highest BCUT2D eigenvalue weighted by Gasteiger charge is 2.30. The molecule has 0 spiro atoms. The van der Waals surface area contributed by atoms with Gasteiger partial charge in [0.15, 0.2) is 0 Å². The van der Waals surface area contributed by atoms with Gasteiger partial charge in [-0.1, -0.05) is 46.5 Å². The molecule has 0 aliphatic carbocycles. The predicted octanol–water partition coefficient (Wildman–Crippen LogP) is 3.28. The maximum Gasteiger partial charge on any atom is 0.125 e. The van der Waals surface area contributed by atoms with E-state index < -0.39 is 5.67 Å². The molecule has 2 heteroatoms. The lowest BCUT2D eigenvalue weighted by atomic mass is 9.87. The predicted molar refractivity (Wildman–Crippen MR) is 56.5 cm³/mol. The van der Waals surface area contributed by atoms with Crippen molar-refractivity contribution in [3.05, 3.63) is 0 Å². The Kier molecular flexibility index (Phi) is 6.31. The van der Waals surface area contributed by atoms with Gasteiger partial charge >= 0.3 is 0 Å². The fourth-order valence-electron chi connectivity index (χ4n) is 1.47. The van der Waals surface area contributed by atoms with Gasteiger partial charge in [0.05, 0.1) is 0 Å². The summed E-state index contributed by atoms with van der Waals surface area (Å²) in [4.78, 5) is 0. The van der Waals surface area contributed by atoms with Gasteiger partial charge in [0.25, 0.3) is 0 Å². The van der Waals surface area contributed by atoms with Crippen LogP contribution < -0.4 is 5.73 Å². The molecule has 1 atom stereocenters. The van der Waals surface area contributed by atoms with Crippen LogP contribution in [-0.2, 0) is 0 Å². The molecule has 0 aliphatic rings. The monoisotopic (exact) mass is 189 g/mol. The van der Waals surface area contributed by atoms with Crippen molar-refractivity contribution in [1.29, 1.82) is 0 Å². The third-order valence-electron chi connectivity index (χ3n) is 2.82. The molecule has 1 unspecified atom stereocenters. The highest BCUT2D eigenvalue weighted by atomic mass is 19.1. The normalized spacial score (nSPS) is 16.2. The lowest BCUT2D eigenvalue weighted by Crippen LogP contribution is -2.38. The molecule has 1 nitrogen and oxygen atoms in total. The van der Waals surface area contributed by atoms with E-state index in [-0.39, 0.29) is 12.5 Å². The van der Waals surface area contributed by atoms with Crippen LogP contribution in [0.15, 0.2) is 0 Å².